The Morgan fingerprint density at radius 2 is 1.88 bits per heavy atom. The summed E-state index contributed by atoms with van der Waals surface area (Å²) in [7, 11) is 1.36. The van der Waals surface area contributed by atoms with E-state index >= 15 is 0 Å². The van der Waals surface area contributed by atoms with Crippen LogP contribution in [-0.4, -0.2) is 38.9 Å². The molecule has 0 radical (unpaired) electrons. The fourth-order valence-corrected chi connectivity index (χ4v) is 3.04. The number of ether oxygens (including phenoxy) is 5. The summed E-state index contributed by atoms with van der Waals surface area (Å²) in [5.74, 6) is 0.193. The number of methoxy groups -OCH3 is 1. The van der Waals surface area contributed by atoms with Crippen LogP contribution in [0.15, 0.2) is 42.2 Å². The lowest BCUT2D eigenvalue weighted by Gasteiger charge is -2.37. The molecule has 2 aliphatic rings. The molecule has 0 spiro atoms. The second-order valence-corrected chi connectivity index (χ2v) is 7.45. The Hall–Kier alpha value is -2.05. The van der Waals surface area contributed by atoms with Gasteiger partial charge in [0.2, 0.25) is 6.29 Å². The summed E-state index contributed by atoms with van der Waals surface area (Å²) < 4.78 is 28.0. The van der Waals surface area contributed by atoms with Crippen LogP contribution in [0.2, 0.25) is 0 Å². The number of rotatable bonds is 5. The SMILES string of the molecule is COC(=O)C1=CO[C@H](Oc2ccccc2)C[C@@H]1CC1OCC(C)(C)CO1. The van der Waals surface area contributed by atoms with Crippen LogP contribution < -0.4 is 4.74 Å². The van der Waals surface area contributed by atoms with Crippen LogP contribution >= 0.6 is 0 Å². The summed E-state index contributed by atoms with van der Waals surface area (Å²) in [4.78, 5) is 12.1. The molecule has 3 rings (SSSR count). The third kappa shape index (κ3) is 4.77. The van der Waals surface area contributed by atoms with Gasteiger partial charge in [-0.25, -0.2) is 4.79 Å². The summed E-state index contributed by atoms with van der Waals surface area (Å²) >= 11 is 0. The molecule has 142 valence electrons. The molecule has 0 unspecified atom stereocenters. The first-order chi connectivity index (χ1) is 12.5. The predicted octanol–water partition coefficient (Wildman–Crippen LogP) is 3.27. The van der Waals surface area contributed by atoms with E-state index in [0.717, 1.165) is 5.75 Å². The minimum absolute atomic E-state index is 0.00610. The lowest BCUT2D eigenvalue weighted by atomic mass is 9.90. The normalized spacial score (nSPS) is 25.7. The number of benzene rings is 1. The molecule has 1 saturated heterocycles. The molecule has 6 nitrogen and oxygen atoms in total. The summed E-state index contributed by atoms with van der Waals surface area (Å²) in [5, 5.41) is 0. The average Bonchev–Trinajstić information content (AvgIpc) is 2.64. The van der Waals surface area contributed by atoms with Crippen molar-refractivity contribution in [3.63, 3.8) is 0 Å². The fourth-order valence-electron chi connectivity index (χ4n) is 3.04. The topological polar surface area (TPSA) is 63.2 Å². The molecule has 1 aromatic rings. The number of para-hydroxylation sites is 1. The van der Waals surface area contributed by atoms with Gasteiger partial charge in [-0.3, -0.25) is 0 Å². The molecule has 0 aliphatic carbocycles. The highest BCUT2D eigenvalue weighted by molar-refractivity contribution is 5.88. The summed E-state index contributed by atoms with van der Waals surface area (Å²) in [5.41, 5.74) is 0.490. The van der Waals surface area contributed by atoms with Crippen molar-refractivity contribution in [1.29, 1.82) is 0 Å². The van der Waals surface area contributed by atoms with Gasteiger partial charge in [0.1, 0.15) is 5.75 Å². The van der Waals surface area contributed by atoms with Crippen LogP contribution in [0.4, 0.5) is 0 Å². The molecule has 0 bridgehead atoms. The zero-order chi connectivity index (χ0) is 18.6. The van der Waals surface area contributed by atoms with Gasteiger partial charge in [0.15, 0.2) is 6.29 Å². The van der Waals surface area contributed by atoms with Crippen molar-refractivity contribution < 1.29 is 28.5 Å². The molecule has 1 aromatic carbocycles. The Kier molecular flexibility index (Phi) is 5.84. The summed E-state index contributed by atoms with van der Waals surface area (Å²) in [6.45, 7) is 5.45. The molecule has 6 heteroatoms. The van der Waals surface area contributed by atoms with Crippen LogP contribution in [0, 0.1) is 11.3 Å². The van der Waals surface area contributed by atoms with Crippen LogP contribution in [-0.2, 0) is 23.7 Å². The van der Waals surface area contributed by atoms with E-state index in [1.165, 1.54) is 13.4 Å². The first-order valence-corrected chi connectivity index (χ1v) is 8.85. The Bertz CT molecular complexity index is 629. The van der Waals surface area contributed by atoms with Crippen molar-refractivity contribution in [3.05, 3.63) is 42.2 Å². The van der Waals surface area contributed by atoms with Gasteiger partial charge in [-0.05, 0) is 12.1 Å². The number of carbonyl (C=O) groups excluding carboxylic acids is 1. The van der Waals surface area contributed by atoms with Gasteiger partial charge in [0.25, 0.3) is 0 Å². The van der Waals surface area contributed by atoms with Crippen LogP contribution in [0.25, 0.3) is 0 Å². The first kappa shape index (κ1) is 18.7. The minimum atomic E-state index is -0.476. The maximum Gasteiger partial charge on any atom is 0.337 e. The average molecular weight is 362 g/mol. The molecule has 1 fully saturated rings. The van der Waals surface area contributed by atoms with Gasteiger partial charge in [-0.15, -0.1) is 0 Å². The molecular weight excluding hydrogens is 336 g/mol. The van der Waals surface area contributed by atoms with E-state index in [1.807, 2.05) is 30.3 Å². The van der Waals surface area contributed by atoms with Crippen LogP contribution in [0.3, 0.4) is 0 Å². The summed E-state index contributed by atoms with van der Waals surface area (Å²) in [6.07, 6.45) is 1.69. The van der Waals surface area contributed by atoms with Gasteiger partial charge in [0.05, 0.1) is 32.2 Å². The van der Waals surface area contributed by atoms with E-state index < -0.39 is 12.3 Å². The Balaban J connectivity index is 1.66. The second kappa shape index (κ2) is 8.10. The van der Waals surface area contributed by atoms with Gasteiger partial charge in [-0.2, -0.15) is 0 Å². The van der Waals surface area contributed by atoms with Crippen molar-refractivity contribution in [1.82, 2.24) is 0 Å². The third-order valence-corrected chi connectivity index (χ3v) is 4.49. The van der Waals surface area contributed by atoms with E-state index in [0.29, 0.717) is 31.6 Å². The molecule has 0 aromatic heterocycles. The lowest BCUT2D eigenvalue weighted by Crippen LogP contribution is -2.40. The maximum absolute atomic E-state index is 12.1. The van der Waals surface area contributed by atoms with Crippen molar-refractivity contribution >= 4 is 5.97 Å². The molecule has 0 saturated carbocycles. The van der Waals surface area contributed by atoms with E-state index in [9.17, 15) is 4.79 Å². The van der Waals surface area contributed by atoms with Crippen LogP contribution in [0.1, 0.15) is 26.7 Å². The molecular formula is C20H26O6. The third-order valence-electron chi connectivity index (χ3n) is 4.49. The van der Waals surface area contributed by atoms with Gasteiger partial charge in [0, 0.05) is 24.2 Å². The lowest BCUT2D eigenvalue weighted by molar-refractivity contribution is -0.228. The molecule has 2 aliphatic heterocycles. The molecule has 0 N–H and O–H groups in total. The van der Waals surface area contributed by atoms with Crippen molar-refractivity contribution in [2.45, 2.75) is 39.3 Å². The van der Waals surface area contributed by atoms with Gasteiger partial charge in [-0.1, -0.05) is 32.0 Å². The Morgan fingerprint density at radius 3 is 2.54 bits per heavy atom. The Morgan fingerprint density at radius 1 is 1.19 bits per heavy atom. The number of hydrogen-bond donors (Lipinski definition) is 0. The molecule has 26 heavy (non-hydrogen) atoms. The largest absolute Gasteiger partial charge is 0.466 e. The van der Waals surface area contributed by atoms with E-state index in [2.05, 4.69) is 13.8 Å². The molecule has 0 amide bonds. The van der Waals surface area contributed by atoms with Gasteiger partial charge >= 0.3 is 5.97 Å². The maximum atomic E-state index is 12.1. The van der Waals surface area contributed by atoms with E-state index in [1.54, 1.807) is 0 Å². The minimum Gasteiger partial charge on any atom is -0.466 e. The molecule has 2 atom stereocenters. The monoisotopic (exact) mass is 362 g/mol. The first-order valence-electron chi connectivity index (χ1n) is 8.85. The zero-order valence-electron chi connectivity index (χ0n) is 15.5. The molecule has 2 heterocycles. The Labute approximate surface area is 154 Å². The predicted molar refractivity (Wildman–Crippen MR) is 94.2 cm³/mol. The van der Waals surface area contributed by atoms with E-state index in [4.69, 9.17) is 23.7 Å². The smallest absolute Gasteiger partial charge is 0.337 e. The standard InChI is InChI=1S/C20H26O6/c1-20(2)12-24-17(25-13-20)9-14-10-18(23-11-16(14)19(21)22-3)26-15-7-5-4-6-8-15/h4-8,11,14,17-18H,9-10,12-13H2,1-3H3/t14-,18+/m0/s1. The highest BCUT2D eigenvalue weighted by atomic mass is 16.7. The number of carbonyl (C=O) groups is 1. The van der Waals surface area contributed by atoms with Crippen LogP contribution in [0.5, 0.6) is 5.75 Å². The van der Waals surface area contributed by atoms with Crippen molar-refractivity contribution in [2.24, 2.45) is 11.3 Å². The zero-order valence-corrected chi connectivity index (χ0v) is 15.5. The summed E-state index contributed by atoms with van der Waals surface area (Å²) in [6, 6.07) is 9.46. The number of hydrogen-bond acceptors (Lipinski definition) is 6. The van der Waals surface area contributed by atoms with Gasteiger partial charge < -0.3 is 23.7 Å². The van der Waals surface area contributed by atoms with Crippen molar-refractivity contribution in [2.75, 3.05) is 20.3 Å². The van der Waals surface area contributed by atoms with E-state index in [-0.39, 0.29) is 17.6 Å². The fraction of sp³-hybridized carbons (Fsp3) is 0.550. The quantitative estimate of drug-likeness (QED) is 0.749. The highest BCUT2D eigenvalue weighted by Crippen LogP contribution is 2.34. The number of esters is 1. The highest BCUT2D eigenvalue weighted by Gasteiger charge is 2.36. The van der Waals surface area contributed by atoms with Crippen molar-refractivity contribution in [3.8, 4) is 5.75 Å². The second-order valence-electron chi connectivity index (χ2n) is 7.45.